The van der Waals surface area contributed by atoms with Crippen LogP contribution in [0.15, 0.2) is 18.3 Å². The van der Waals surface area contributed by atoms with Crippen molar-refractivity contribution in [1.82, 2.24) is 4.98 Å². The highest BCUT2D eigenvalue weighted by molar-refractivity contribution is 5.08. The van der Waals surface area contributed by atoms with Crippen LogP contribution < -0.4 is 0 Å². The average Bonchev–Trinajstić information content (AvgIpc) is 2.17. The predicted octanol–water partition coefficient (Wildman–Crippen LogP) is 1.29. The second-order valence-corrected chi connectivity index (χ2v) is 2.79. The summed E-state index contributed by atoms with van der Waals surface area (Å²) in [4.78, 5) is 3.74. The molecule has 1 aromatic heterocycles. The average molecular weight is 185 g/mol. The molecule has 0 bridgehead atoms. The van der Waals surface area contributed by atoms with Gasteiger partial charge < -0.3 is 9.84 Å². The Labute approximate surface area is 76.2 Å². The number of rotatable bonds is 3. The minimum absolute atomic E-state index is 0.349. The van der Waals surface area contributed by atoms with E-state index in [0.29, 0.717) is 5.69 Å². The Morgan fingerprint density at radius 2 is 2.23 bits per heavy atom. The normalized spacial score (nSPS) is 15.4. The Kier molecular flexibility index (Phi) is 3.33. The minimum atomic E-state index is -0.814. The molecule has 0 radical (unpaired) electrons. The summed E-state index contributed by atoms with van der Waals surface area (Å²) in [5.41, 5.74) is 0.413. The van der Waals surface area contributed by atoms with Crippen LogP contribution in [-0.2, 0) is 4.74 Å². The van der Waals surface area contributed by atoms with Crippen molar-refractivity contribution in [1.29, 1.82) is 0 Å². The van der Waals surface area contributed by atoms with Crippen molar-refractivity contribution in [2.24, 2.45) is 0 Å². The fraction of sp³-hybridized carbons (Fsp3) is 0.444. The van der Waals surface area contributed by atoms with Crippen molar-refractivity contribution < 1.29 is 14.2 Å². The zero-order valence-electron chi connectivity index (χ0n) is 7.57. The van der Waals surface area contributed by atoms with E-state index in [1.54, 1.807) is 6.92 Å². The third-order valence-corrected chi connectivity index (χ3v) is 1.87. The van der Waals surface area contributed by atoms with Crippen LogP contribution in [0.2, 0.25) is 0 Å². The van der Waals surface area contributed by atoms with Gasteiger partial charge in [-0.05, 0) is 19.1 Å². The van der Waals surface area contributed by atoms with E-state index in [1.165, 1.54) is 19.2 Å². The standard InChI is InChI=1S/C9H12FNO2/c1-6(13-2)9(12)8-4-3-7(10)5-11-8/h3-6,9,12H,1-2H3. The van der Waals surface area contributed by atoms with Gasteiger partial charge in [-0.3, -0.25) is 4.98 Å². The largest absolute Gasteiger partial charge is 0.384 e. The Morgan fingerprint density at radius 3 is 2.69 bits per heavy atom. The SMILES string of the molecule is COC(C)C(O)c1ccc(F)cn1. The van der Waals surface area contributed by atoms with E-state index in [2.05, 4.69) is 4.98 Å². The number of aliphatic hydroxyl groups excluding tert-OH is 1. The zero-order chi connectivity index (χ0) is 9.84. The van der Waals surface area contributed by atoms with E-state index in [4.69, 9.17) is 4.74 Å². The number of hydrogen-bond acceptors (Lipinski definition) is 3. The number of hydrogen-bond donors (Lipinski definition) is 1. The molecule has 1 rings (SSSR count). The monoisotopic (exact) mass is 185 g/mol. The highest BCUT2D eigenvalue weighted by atomic mass is 19.1. The predicted molar refractivity (Wildman–Crippen MR) is 45.6 cm³/mol. The first-order chi connectivity index (χ1) is 6.15. The van der Waals surface area contributed by atoms with Crippen molar-refractivity contribution >= 4 is 0 Å². The Hall–Kier alpha value is -1.00. The smallest absolute Gasteiger partial charge is 0.141 e. The first-order valence-corrected chi connectivity index (χ1v) is 3.97. The minimum Gasteiger partial charge on any atom is -0.384 e. The molecular formula is C9H12FNO2. The molecule has 0 amide bonds. The second kappa shape index (κ2) is 4.30. The van der Waals surface area contributed by atoms with Gasteiger partial charge in [0.2, 0.25) is 0 Å². The van der Waals surface area contributed by atoms with E-state index in [0.717, 1.165) is 6.20 Å². The maximum Gasteiger partial charge on any atom is 0.141 e. The van der Waals surface area contributed by atoms with E-state index in [-0.39, 0.29) is 6.10 Å². The lowest BCUT2D eigenvalue weighted by Gasteiger charge is -2.16. The summed E-state index contributed by atoms with van der Waals surface area (Å²) in [6.45, 7) is 1.72. The summed E-state index contributed by atoms with van der Waals surface area (Å²) >= 11 is 0. The topological polar surface area (TPSA) is 42.4 Å². The van der Waals surface area contributed by atoms with Crippen LogP contribution in [0.3, 0.4) is 0 Å². The number of aliphatic hydroxyl groups is 1. The summed E-state index contributed by atoms with van der Waals surface area (Å²) in [5.74, 6) is -0.416. The highest BCUT2D eigenvalue weighted by Gasteiger charge is 2.16. The number of pyridine rings is 1. The number of ether oxygens (including phenoxy) is 1. The molecule has 0 saturated carbocycles. The number of aromatic nitrogens is 1. The Morgan fingerprint density at radius 1 is 1.54 bits per heavy atom. The molecule has 2 atom stereocenters. The molecule has 0 saturated heterocycles. The first kappa shape index (κ1) is 10.1. The molecule has 0 aliphatic heterocycles. The van der Waals surface area contributed by atoms with Crippen LogP contribution in [0, 0.1) is 5.82 Å². The van der Waals surface area contributed by atoms with E-state index >= 15 is 0 Å². The van der Waals surface area contributed by atoms with Gasteiger partial charge in [0.05, 0.1) is 18.0 Å². The molecule has 0 aliphatic rings. The van der Waals surface area contributed by atoms with Crippen LogP contribution in [0.1, 0.15) is 18.7 Å². The lowest BCUT2D eigenvalue weighted by Crippen LogP contribution is -2.17. The molecule has 1 N–H and O–H groups in total. The maximum absolute atomic E-state index is 12.5. The summed E-state index contributed by atoms with van der Waals surface area (Å²) in [7, 11) is 1.50. The molecule has 1 heterocycles. The summed E-state index contributed by atoms with van der Waals surface area (Å²) in [6, 6.07) is 2.70. The number of nitrogens with zero attached hydrogens (tertiary/aromatic N) is 1. The molecule has 1 aromatic rings. The zero-order valence-corrected chi connectivity index (χ0v) is 7.57. The van der Waals surface area contributed by atoms with Gasteiger partial charge in [-0.15, -0.1) is 0 Å². The van der Waals surface area contributed by atoms with Crippen molar-refractivity contribution in [3.8, 4) is 0 Å². The number of halogens is 1. The van der Waals surface area contributed by atoms with Gasteiger partial charge in [0.25, 0.3) is 0 Å². The molecule has 4 heteroatoms. The quantitative estimate of drug-likeness (QED) is 0.771. The first-order valence-electron chi connectivity index (χ1n) is 3.97. The van der Waals surface area contributed by atoms with Crippen LogP contribution in [-0.4, -0.2) is 23.3 Å². The molecule has 3 nitrogen and oxygen atoms in total. The molecule has 0 spiro atoms. The maximum atomic E-state index is 12.5. The molecular weight excluding hydrogens is 173 g/mol. The van der Waals surface area contributed by atoms with E-state index in [1.807, 2.05) is 0 Å². The fourth-order valence-electron chi connectivity index (χ4n) is 0.932. The molecule has 72 valence electrons. The van der Waals surface area contributed by atoms with Gasteiger partial charge >= 0.3 is 0 Å². The van der Waals surface area contributed by atoms with E-state index < -0.39 is 11.9 Å². The van der Waals surface area contributed by atoms with Gasteiger partial charge in [-0.1, -0.05) is 0 Å². The third-order valence-electron chi connectivity index (χ3n) is 1.87. The van der Waals surface area contributed by atoms with Gasteiger partial charge in [-0.2, -0.15) is 0 Å². The lowest BCUT2D eigenvalue weighted by molar-refractivity contribution is -0.00364. The third kappa shape index (κ3) is 2.47. The Bertz CT molecular complexity index is 263. The summed E-state index contributed by atoms with van der Waals surface area (Å²) in [5, 5.41) is 9.57. The highest BCUT2D eigenvalue weighted by Crippen LogP contribution is 2.15. The van der Waals surface area contributed by atoms with Crippen LogP contribution in [0.4, 0.5) is 4.39 Å². The second-order valence-electron chi connectivity index (χ2n) is 2.79. The van der Waals surface area contributed by atoms with Crippen LogP contribution in [0.25, 0.3) is 0 Å². The van der Waals surface area contributed by atoms with Crippen molar-refractivity contribution in [2.75, 3.05) is 7.11 Å². The van der Waals surface area contributed by atoms with Gasteiger partial charge in [0.15, 0.2) is 0 Å². The summed E-state index contributed by atoms with van der Waals surface area (Å²) in [6.07, 6.45) is -0.0930. The lowest BCUT2D eigenvalue weighted by atomic mass is 10.1. The molecule has 2 unspecified atom stereocenters. The van der Waals surface area contributed by atoms with Crippen molar-refractivity contribution in [2.45, 2.75) is 19.1 Å². The van der Waals surface area contributed by atoms with E-state index in [9.17, 15) is 9.50 Å². The number of methoxy groups -OCH3 is 1. The van der Waals surface area contributed by atoms with Gasteiger partial charge in [0, 0.05) is 7.11 Å². The Balaban J connectivity index is 2.77. The van der Waals surface area contributed by atoms with Crippen molar-refractivity contribution in [3.63, 3.8) is 0 Å². The van der Waals surface area contributed by atoms with Gasteiger partial charge in [0.1, 0.15) is 11.9 Å². The molecule has 0 fully saturated rings. The molecule has 13 heavy (non-hydrogen) atoms. The molecule has 0 aliphatic carbocycles. The van der Waals surface area contributed by atoms with Crippen LogP contribution in [0.5, 0.6) is 0 Å². The molecule has 0 aromatic carbocycles. The summed E-state index contributed by atoms with van der Waals surface area (Å²) < 4.78 is 17.4. The fourth-order valence-corrected chi connectivity index (χ4v) is 0.932. The van der Waals surface area contributed by atoms with Crippen LogP contribution >= 0.6 is 0 Å². The van der Waals surface area contributed by atoms with Gasteiger partial charge in [-0.25, -0.2) is 4.39 Å². The van der Waals surface area contributed by atoms with Crippen molar-refractivity contribution in [3.05, 3.63) is 29.8 Å².